The minimum Gasteiger partial charge on any atom is -0.394 e. The van der Waals surface area contributed by atoms with E-state index in [2.05, 4.69) is 13.2 Å². The first-order valence-corrected chi connectivity index (χ1v) is 17.8. The van der Waals surface area contributed by atoms with E-state index in [-0.39, 0.29) is 36.1 Å². The summed E-state index contributed by atoms with van der Waals surface area (Å²) in [7, 11) is 0. The molecule has 49 heavy (non-hydrogen) atoms. The largest absolute Gasteiger partial charge is 0.394 e. The van der Waals surface area contributed by atoms with Gasteiger partial charge in [-0.15, -0.1) is 24.9 Å². The molecule has 0 aromatic heterocycles. The quantitative estimate of drug-likeness (QED) is 0.177. The number of fused-ring (bicyclic) bond motifs is 2. The summed E-state index contributed by atoms with van der Waals surface area (Å²) in [4.78, 5) is 50.0. The van der Waals surface area contributed by atoms with Crippen LogP contribution in [0.4, 0.5) is 5.69 Å². The Balaban J connectivity index is 1.32. The van der Waals surface area contributed by atoms with Crippen LogP contribution in [0.3, 0.4) is 0 Å². The summed E-state index contributed by atoms with van der Waals surface area (Å²) < 4.78 is -0.829. The summed E-state index contributed by atoms with van der Waals surface area (Å²) in [6.07, 6.45) is 4.77. The third-order valence-electron chi connectivity index (χ3n) is 10.5. The number of aliphatic hydroxyl groups excluding tert-OH is 1. The summed E-state index contributed by atoms with van der Waals surface area (Å²) >= 11 is 1.64. The van der Waals surface area contributed by atoms with Crippen molar-refractivity contribution in [2.75, 3.05) is 24.6 Å². The Kier molecular flexibility index (Phi) is 9.18. The van der Waals surface area contributed by atoms with Gasteiger partial charge in [0.1, 0.15) is 6.04 Å². The molecule has 7 rings (SSSR count). The highest BCUT2D eigenvalue weighted by Crippen LogP contribution is 2.67. The zero-order chi connectivity index (χ0) is 34.1. The van der Waals surface area contributed by atoms with E-state index in [4.69, 9.17) is 0 Å². The zero-order valence-electron chi connectivity index (χ0n) is 27.4. The van der Waals surface area contributed by atoms with Crippen molar-refractivity contribution in [2.45, 2.75) is 41.5 Å². The number of aliphatic hydroxyl groups is 1. The molecule has 6 atom stereocenters. The van der Waals surface area contributed by atoms with Crippen LogP contribution in [-0.2, 0) is 20.9 Å². The van der Waals surface area contributed by atoms with Crippen molar-refractivity contribution < 1.29 is 19.5 Å². The van der Waals surface area contributed by atoms with Gasteiger partial charge in [0.2, 0.25) is 11.8 Å². The van der Waals surface area contributed by atoms with E-state index >= 15 is 9.59 Å². The highest BCUT2D eigenvalue weighted by molar-refractivity contribution is 8.02. The van der Waals surface area contributed by atoms with Crippen molar-refractivity contribution in [1.29, 1.82) is 0 Å². The van der Waals surface area contributed by atoms with E-state index in [0.717, 1.165) is 28.3 Å². The van der Waals surface area contributed by atoms with Gasteiger partial charge < -0.3 is 19.8 Å². The van der Waals surface area contributed by atoms with Crippen LogP contribution in [0.5, 0.6) is 0 Å². The second-order valence-electron chi connectivity index (χ2n) is 13.2. The minimum absolute atomic E-state index is 0.0908. The Morgan fingerprint density at radius 2 is 1.57 bits per heavy atom. The summed E-state index contributed by atoms with van der Waals surface area (Å²) in [5.74, 6) is -1.87. The van der Waals surface area contributed by atoms with Gasteiger partial charge in [-0.05, 0) is 46.9 Å². The van der Waals surface area contributed by atoms with E-state index in [9.17, 15) is 9.90 Å². The van der Waals surface area contributed by atoms with Gasteiger partial charge in [0.05, 0.1) is 29.2 Å². The maximum atomic E-state index is 15.2. The van der Waals surface area contributed by atoms with Gasteiger partial charge in [0.15, 0.2) is 0 Å². The predicted octanol–water partition coefficient (Wildman–Crippen LogP) is 6.40. The van der Waals surface area contributed by atoms with Crippen LogP contribution in [0.15, 0.2) is 128 Å². The number of amides is 3. The van der Waals surface area contributed by atoms with E-state index < -0.39 is 28.7 Å². The summed E-state index contributed by atoms with van der Waals surface area (Å²) in [5, 5.41) is 12.9. The van der Waals surface area contributed by atoms with Gasteiger partial charge in [-0.1, -0.05) is 103 Å². The molecule has 250 valence electrons. The average molecular weight is 672 g/mol. The summed E-state index contributed by atoms with van der Waals surface area (Å²) in [6, 6.07) is 31.5. The van der Waals surface area contributed by atoms with Crippen molar-refractivity contribution in [2.24, 2.45) is 11.8 Å². The molecule has 3 fully saturated rings. The third-order valence-corrected chi connectivity index (χ3v) is 12.4. The molecule has 1 N–H and O–H groups in total. The lowest BCUT2D eigenvalue weighted by atomic mass is 9.70. The smallest absolute Gasteiger partial charge is 0.251 e. The van der Waals surface area contributed by atoms with Gasteiger partial charge in [-0.2, -0.15) is 0 Å². The highest BCUT2D eigenvalue weighted by atomic mass is 32.2. The van der Waals surface area contributed by atoms with Crippen LogP contribution in [0.1, 0.15) is 30.0 Å². The first kappa shape index (κ1) is 32.9. The molecule has 4 aromatic carbocycles. The molecule has 3 amide bonds. The maximum absolute atomic E-state index is 15.2. The molecule has 1 spiro atoms. The number of benzene rings is 4. The standard InChI is InChI=1S/C41H41N3O4S/c1-3-23-42(26-28-13-7-5-8-14-28)38(46)35-34-21-22-41(49-34)36(35)39(47)44(33(27-45)30-16-9-6-10-17-30)37(41)40(48)43(24-4-2)32-20-19-29-15-11-12-18-31(29)25-32/h3-20,25,33-37,45H,1-2,21-24,26-27H2/t33-,34-,35+,36+,37?,41?/m1/s1. The molecule has 3 heterocycles. The summed E-state index contributed by atoms with van der Waals surface area (Å²) in [5.41, 5.74) is 2.45. The molecule has 2 bridgehead atoms. The lowest BCUT2D eigenvalue weighted by Crippen LogP contribution is -2.56. The van der Waals surface area contributed by atoms with Gasteiger partial charge in [-0.25, -0.2) is 0 Å². The normalized spacial score (nSPS) is 24.4. The molecule has 3 aliphatic rings. The molecule has 8 heteroatoms. The number of thioether (sulfide) groups is 1. The molecule has 7 nitrogen and oxygen atoms in total. The average Bonchev–Trinajstić information content (AvgIpc) is 3.78. The number of hydrogen-bond acceptors (Lipinski definition) is 5. The minimum atomic E-state index is -0.899. The van der Waals surface area contributed by atoms with Crippen LogP contribution < -0.4 is 4.90 Å². The molecule has 0 aliphatic carbocycles. The van der Waals surface area contributed by atoms with E-state index in [1.165, 1.54) is 0 Å². The molecular weight excluding hydrogens is 631 g/mol. The first-order valence-electron chi connectivity index (χ1n) is 16.9. The number of anilines is 1. The fourth-order valence-electron chi connectivity index (χ4n) is 8.36. The SMILES string of the molecule is C=CCN(Cc1ccccc1)C(=O)[C@@H]1[C@H]2C(=O)N([C@H](CO)c3ccccc3)C(C(=O)N(CC=C)c3ccc4ccccc4c3)C23CC[C@H]1S3. The molecule has 0 radical (unpaired) electrons. The van der Waals surface area contributed by atoms with Gasteiger partial charge in [0, 0.05) is 30.6 Å². The first-order chi connectivity index (χ1) is 23.9. The second kappa shape index (κ2) is 13.7. The zero-order valence-corrected chi connectivity index (χ0v) is 28.3. The van der Waals surface area contributed by atoms with Gasteiger partial charge in [-0.3, -0.25) is 14.4 Å². The lowest BCUT2D eigenvalue weighted by Gasteiger charge is -2.40. The van der Waals surface area contributed by atoms with E-state index in [1.807, 2.05) is 103 Å². The van der Waals surface area contributed by atoms with Crippen molar-refractivity contribution in [3.05, 3.63) is 140 Å². The van der Waals surface area contributed by atoms with Gasteiger partial charge >= 0.3 is 0 Å². The maximum Gasteiger partial charge on any atom is 0.251 e. The number of likely N-dealkylation sites (tertiary alicyclic amines) is 1. The van der Waals surface area contributed by atoms with E-state index in [1.54, 1.807) is 38.6 Å². The fourth-order valence-corrected chi connectivity index (χ4v) is 10.6. The van der Waals surface area contributed by atoms with Crippen LogP contribution in [0.25, 0.3) is 10.8 Å². The second-order valence-corrected chi connectivity index (χ2v) is 14.8. The van der Waals surface area contributed by atoms with Crippen LogP contribution in [-0.4, -0.2) is 68.4 Å². The third kappa shape index (κ3) is 5.67. The monoisotopic (exact) mass is 671 g/mol. The predicted molar refractivity (Wildman–Crippen MR) is 196 cm³/mol. The lowest BCUT2D eigenvalue weighted by molar-refractivity contribution is -0.145. The number of hydrogen-bond donors (Lipinski definition) is 1. The van der Waals surface area contributed by atoms with Crippen LogP contribution in [0.2, 0.25) is 0 Å². The van der Waals surface area contributed by atoms with Crippen LogP contribution in [0, 0.1) is 11.8 Å². The molecule has 3 aliphatic heterocycles. The van der Waals surface area contributed by atoms with Crippen LogP contribution >= 0.6 is 11.8 Å². The Labute approximate surface area is 291 Å². The summed E-state index contributed by atoms with van der Waals surface area (Å²) in [6.45, 7) is 8.52. The fraction of sp³-hybridized carbons (Fsp3) is 0.293. The van der Waals surface area contributed by atoms with Crippen molar-refractivity contribution in [1.82, 2.24) is 9.80 Å². The van der Waals surface area contributed by atoms with Crippen molar-refractivity contribution >= 4 is 45.9 Å². The molecule has 3 saturated heterocycles. The Morgan fingerprint density at radius 1 is 0.898 bits per heavy atom. The number of rotatable bonds is 12. The number of nitrogens with zero attached hydrogens (tertiary/aromatic N) is 3. The Morgan fingerprint density at radius 3 is 2.27 bits per heavy atom. The topological polar surface area (TPSA) is 81.2 Å². The molecule has 2 unspecified atom stereocenters. The number of carbonyl (C=O) groups excluding carboxylic acids is 3. The molecule has 0 saturated carbocycles. The molecular formula is C41H41N3O4S. The van der Waals surface area contributed by atoms with Gasteiger partial charge in [0.25, 0.3) is 5.91 Å². The molecule has 4 aromatic rings. The Bertz CT molecular complexity index is 1880. The van der Waals surface area contributed by atoms with Crippen molar-refractivity contribution in [3.63, 3.8) is 0 Å². The Hall–Kier alpha value is -4.66. The highest BCUT2D eigenvalue weighted by Gasteiger charge is 2.74. The number of carbonyl (C=O) groups is 3. The van der Waals surface area contributed by atoms with E-state index in [0.29, 0.717) is 25.2 Å². The van der Waals surface area contributed by atoms with Crippen molar-refractivity contribution in [3.8, 4) is 0 Å².